The molecule has 1 fully saturated rings. The molecular weight excluding hydrogens is 280 g/mol. The Morgan fingerprint density at radius 3 is 2.82 bits per heavy atom. The Balaban J connectivity index is 2.11. The molecule has 1 saturated carbocycles. The number of fused-ring (bicyclic) bond motifs is 1. The Morgan fingerprint density at radius 1 is 1.35 bits per heavy atom. The van der Waals surface area contributed by atoms with Crippen molar-refractivity contribution in [2.75, 3.05) is 5.33 Å². The van der Waals surface area contributed by atoms with Crippen LogP contribution >= 0.6 is 15.9 Å². The molecule has 17 heavy (non-hydrogen) atoms. The van der Waals surface area contributed by atoms with Crippen LogP contribution in [0, 0.1) is 5.41 Å². The second kappa shape index (κ2) is 3.95. The summed E-state index contributed by atoms with van der Waals surface area (Å²) >= 11 is 3.57. The molecule has 1 heterocycles. The standard InChI is InChI=1S/C13H13BrN2O/c14-8-13(5-6-13)9-16-11-4-2-1-3-10(11)12(17)7-15-16/h1-4,7H,5-6,8-9H2. The third kappa shape index (κ3) is 1.90. The van der Waals surface area contributed by atoms with E-state index in [2.05, 4.69) is 21.0 Å². The van der Waals surface area contributed by atoms with E-state index in [4.69, 9.17) is 0 Å². The number of rotatable bonds is 3. The van der Waals surface area contributed by atoms with E-state index >= 15 is 0 Å². The summed E-state index contributed by atoms with van der Waals surface area (Å²) in [5, 5.41) is 6.02. The summed E-state index contributed by atoms with van der Waals surface area (Å²) < 4.78 is 1.96. The highest BCUT2D eigenvalue weighted by molar-refractivity contribution is 9.09. The molecule has 1 aromatic carbocycles. The summed E-state index contributed by atoms with van der Waals surface area (Å²) in [4.78, 5) is 11.7. The lowest BCUT2D eigenvalue weighted by Gasteiger charge is -2.15. The van der Waals surface area contributed by atoms with E-state index in [0.29, 0.717) is 5.41 Å². The highest BCUT2D eigenvalue weighted by atomic mass is 79.9. The zero-order valence-electron chi connectivity index (χ0n) is 9.40. The Labute approximate surface area is 108 Å². The SMILES string of the molecule is O=c1cnn(CC2(CBr)CC2)c2ccccc12. The van der Waals surface area contributed by atoms with Gasteiger partial charge < -0.3 is 0 Å². The molecular formula is C13H13BrN2O. The van der Waals surface area contributed by atoms with Crippen LogP contribution in [0.5, 0.6) is 0 Å². The lowest BCUT2D eigenvalue weighted by molar-refractivity contribution is 0.448. The van der Waals surface area contributed by atoms with Gasteiger partial charge in [-0.05, 0) is 30.4 Å². The molecule has 0 spiro atoms. The van der Waals surface area contributed by atoms with Crippen LogP contribution in [0.4, 0.5) is 0 Å². The van der Waals surface area contributed by atoms with E-state index in [9.17, 15) is 4.79 Å². The third-order valence-corrected chi connectivity index (χ3v) is 4.68. The van der Waals surface area contributed by atoms with Crippen LogP contribution in [0.2, 0.25) is 0 Å². The van der Waals surface area contributed by atoms with Crippen LogP contribution in [0.15, 0.2) is 35.3 Å². The number of hydrogen-bond acceptors (Lipinski definition) is 2. The van der Waals surface area contributed by atoms with Gasteiger partial charge in [-0.2, -0.15) is 5.10 Å². The number of aromatic nitrogens is 2. The van der Waals surface area contributed by atoms with E-state index in [1.165, 1.54) is 19.0 Å². The first-order valence-electron chi connectivity index (χ1n) is 5.75. The van der Waals surface area contributed by atoms with E-state index in [0.717, 1.165) is 22.8 Å². The molecule has 2 aromatic rings. The first-order chi connectivity index (χ1) is 8.24. The van der Waals surface area contributed by atoms with E-state index in [1.54, 1.807) is 0 Å². The molecule has 0 unspecified atom stereocenters. The predicted molar refractivity (Wildman–Crippen MR) is 71.5 cm³/mol. The summed E-state index contributed by atoms with van der Waals surface area (Å²) in [6.07, 6.45) is 3.90. The maximum absolute atomic E-state index is 11.7. The Bertz CT molecular complexity index is 616. The Kier molecular flexibility index (Phi) is 2.54. The Hall–Kier alpha value is -1.16. The zero-order chi connectivity index (χ0) is 11.9. The van der Waals surface area contributed by atoms with Crippen LogP contribution in [-0.2, 0) is 6.54 Å². The minimum absolute atomic E-state index is 0.000499. The molecule has 0 atom stereocenters. The number of alkyl halides is 1. The molecule has 0 radical (unpaired) electrons. The van der Waals surface area contributed by atoms with Crippen LogP contribution < -0.4 is 5.43 Å². The third-order valence-electron chi connectivity index (χ3n) is 3.49. The fraction of sp³-hybridized carbons (Fsp3) is 0.385. The van der Waals surface area contributed by atoms with Crippen LogP contribution in [0.1, 0.15) is 12.8 Å². The summed E-state index contributed by atoms with van der Waals surface area (Å²) in [6, 6.07) is 7.68. The van der Waals surface area contributed by atoms with Gasteiger partial charge in [0.05, 0.1) is 11.7 Å². The molecule has 4 heteroatoms. The summed E-state index contributed by atoms with van der Waals surface area (Å²) in [5.74, 6) is 0. The van der Waals surface area contributed by atoms with Crippen molar-refractivity contribution in [1.82, 2.24) is 9.78 Å². The summed E-state index contributed by atoms with van der Waals surface area (Å²) in [5.41, 5.74) is 1.29. The van der Waals surface area contributed by atoms with Crippen molar-refractivity contribution in [1.29, 1.82) is 0 Å². The fourth-order valence-corrected chi connectivity index (χ4v) is 2.85. The molecule has 0 amide bonds. The second-order valence-corrected chi connectivity index (χ2v) is 5.38. The number of benzene rings is 1. The van der Waals surface area contributed by atoms with Crippen molar-refractivity contribution in [3.63, 3.8) is 0 Å². The van der Waals surface area contributed by atoms with Gasteiger partial charge in [0.1, 0.15) is 0 Å². The molecule has 88 valence electrons. The number of hydrogen-bond donors (Lipinski definition) is 0. The molecule has 0 aliphatic heterocycles. The van der Waals surface area contributed by atoms with Crippen LogP contribution in [0.25, 0.3) is 10.9 Å². The molecule has 0 bridgehead atoms. The smallest absolute Gasteiger partial charge is 0.207 e. The minimum atomic E-state index is 0.000499. The van der Waals surface area contributed by atoms with Crippen molar-refractivity contribution >= 4 is 26.8 Å². The summed E-state index contributed by atoms with van der Waals surface area (Å²) in [6.45, 7) is 0.888. The average molecular weight is 293 g/mol. The lowest BCUT2D eigenvalue weighted by Crippen LogP contribution is -2.19. The molecule has 1 aliphatic carbocycles. The van der Waals surface area contributed by atoms with E-state index in [-0.39, 0.29) is 5.43 Å². The maximum Gasteiger partial charge on any atom is 0.207 e. The average Bonchev–Trinajstić information content (AvgIpc) is 3.14. The van der Waals surface area contributed by atoms with Crippen molar-refractivity contribution in [3.05, 3.63) is 40.7 Å². The number of halogens is 1. The second-order valence-electron chi connectivity index (χ2n) is 4.82. The Morgan fingerprint density at radius 2 is 2.12 bits per heavy atom. The first-order valence-corrected chi connectivity index (χ1v) is 6.87. The van der Waals surface area contributed by atoms with E-state index in [1.807, 2.05) is 28.9 Å². The van der Waals surface area contributed by atoms with Gasteiger partial charge in [-0.25, -0.2) is 0 Å². The zero-order valence-corrected chi connectivity index (χ0v) is 11.0. The van der Waals surface area contributed by atoms with Crippen LogP contribution in [-0.4, -0.2) is 15.1 Å². The number of nitrogens with zero attached hydrogens (tertiary/aromatic N) is 2. The number of para-hydroxylation sites is 1. The topological polar surface area (TPSA) is 34.9 Å². The van der Waals surface area contributed by atoms with Crippen molar-refractivity contribution < 1.29 is 0 Å². The molecule has 0 saturated heterocycles. The maximum atomic E-state index is 11.7. The van der Waals surface area contributed by atoms with Crippen molar-refractivity contribution in [2.24, 2.45) is 5.41 Å². The molecule has 3 rings (SSSR count). The van der Waals surface area contributed by atoms with Gasteiger partial charge in [0.15, 0.2) is 0 Å². The van der Waals surface area contributed by atoms with E-state index < -0.39 is 0 Å². The fourth-order valence-electron chi connectivity index (χ4n) is 2.12. The largest absolute Gasteiger partial charge is 0.287 e. The highest BCUT2D eigenvalue weighted by Crippen LogP contribution is 2.48. The normalized spacial score (nSPS) is 17.2. The van der Waals surface area contributed by atoms with Gasteiger partial charge in [0.2, 0.25) is 5.43 Å². The molecule has 3 nitrogen and oxygen atoms in total. The van der Waals surface area contributed by atoms with Gasteiger partial charge in [0.25, 0.3) is 0 Å². The van der Waals surface area contributed by atoms with Gasteiger partial charge >= 0.3 is 0 Å². The van der Waals surface area contributed by atoms with Gasteiger partial charge in [-0.1, -0.05) is 28.1 Å². The first kappa shape index (κ1) is 11.0. The van der Waals surface area contributed by atoms with Gasteiger partial charge in [0, 0.05) is 17.3 Å². The summed E-state index contributed by atoms with van der Waals surface area (Å²) in [7, 11) is 0. The minimum Gasteiger partial charge on any atom is -0.287 e. The predicted octanol–water partition coefficient (Wildman–Crippen LogP) is 2.57. The van der Waals surface area contributed by atoms with Gasteiger partial charge in [-0.15, -0.1) is 0 Å². The van der Waals surface area contributed by atoms with Crippen LogP contribution in [0.3, 0.4) is 0 Å². The van der Waals surface area contributed by atoms with Crippen molar-refractivity contribution in [3.8, 4) is 0 Å². The monoisotopic (exact) mass is 292 g/mol. The van der Waals surface area contributed by atoms with Crippen molar-refractivity contribution in [2.45, 2.75) is 19.4 Å². The molecule has 1 aliphatic rings. The lowest BCUT2D eigenvalue weighted by atomic mass is 10.1. The molecule has 0 N–H and O–H groups in total. The quantitative estimate of drug-likeness (QED) is 0.815. The highest BCUT2D eigenvalue weighted by Gasteiger charge is 2.42. The van der Waals surface area contributed by atoms with Gasteiger partial charge in [-0.3, -0.25) is 9.48 Å². The molecule has 1 aromatic heterocycles.